The van der Waals surface area contributed by atoms with Gasteiger partial charge in [-0.1, -0.05) is 31.0 Å². The molecule has 1 fully saturated rings. The highest BCUT2D eigenvalue weighted by Crippen LogP contribution is 2.24. The van der Waals surface area contributed by atoms with Crippen LogP contribution in [-0.4, -0.2) is 45.7 Å². The molecule has 0 aliphatic carbocycles. The molecule has 122 valence electrons. The van der Waals surface area contributed by atoms with Gasteiger partial charge in [-0.25, -0.2) is 4.98 Å². The summed E-state index contributed by atoms with van der Waals surface area (Å²) in [7, 11) is 0. The summed E-state index contributed by atoms with van der Waals surface area (Å²) >= 11 is 1.79. The van der Waals surface area contributed by atoms with Crippen LogP contribution in [0.25, 0.3) is 0 Å². The number of thioether (sulfide) groups is 1. The molecule has 0 spiro atoms. The van der Waals surface area contributed by atoms with Crippen LogP contribution in [0, 0.1) is 0 Å². The van der Waals surface area contributed by atoms with Crippen molar-refractivity contribution < 1.29 is 4.79 Å². The predicted octanol–water partition coefficient (Wildman–Crippen LogP) is 2.26. The Morgan fingerprint density at radius 3 is 2.73 bits per heavy atom. The first kappa shape index (κ1) is 15.9. The third-order valence-corrected chi connectivity index (χ3v) is 5.39. The van der Waals surface area contributed by atoms with Crippen molar-refractivity contribution in [3.63, 3.8) is 0 Å². The minimum atomic E-state index is 0.142. The molecule has 1 amide bonds. The predicted molar refractivity (Wildman–Crippen MR) is 88.9 cm³/mol. The van der Waals surface area contributed by atoms with Gasteiger partial charge >= 0.3 is 0 Å². The number of amides is 1. The fraction of sp³-hybridized carbons (Fsp3) is 0.750. The van der Waals surface area contributed by atoms with Gasteiger partial charge in [0, 0.05) is 31.5 Å². The van der Waals surface area contributed by atoms with Crippen molar-refractivity contribution in [2.45, 2.75) is 56.8 Å². The molecule has 3 rings (SSSR count). The van der Waals surface area contributed by atoms with Crippen molar-refractivity contribution in [3.05, 3.63) is 11.9 Å². The number of hydrogen-bond acceptors (Lipinski definition) is 4. The Morgan fingerprint density at radius 2 is 1.95 bits per heavy atom. The summed E-state index contributed by atoms with van der Waals surface area (Å²) in [5.74, 6) is 1.26. The van der Waals surface area contributed by atoms with Gasteiger partial charge in [-0.3, -0.25) is 4.79 Å². The minimum Gasteiger partial charge on any atom is -0.350 e. The smallest absolute Gasteiger partial charge is 0.221 e. The van der Waals surface area contributed by atoms with Crippen LogP contribution in [0.1, 0.15) is 44.2 Å². The standard InChI is InChI=1S/C16H26N4OS/c21-15(6-9-19-7-4-2-1-3-5-8-19)17-12-14-13-20-10-11-22-16(20)18-14/h13H,1-12H2,(H,17,21). The summed E-state index contributed by atoms with van der Waals surface area (Å²) in [6, 6.07) is 0. The van der Waals surface area contributed by atoms with Gasteiger partial charge in [-0.2, -0.15) is 0 Å². The number of hydrogen-bond donors (Lipinski definition) is 1. The molecule has 0 radical (unpaired) electrons. The van der Waals surface area contributed by atoms with E-state index < -0.39 is 0 Å². The summed E-state index contributed by atoms with van der Waals surface area (Å²) < 4.78 is 2.17. The monoisotopic (exact) mass is 322 g/mol. The molecular formula is C16H26N4OS. The van der Waals surface area contributed by atoms with Gasteiger partial charge in [-0.15, -0.1) is 0 Å². The Bertz CT molecular complexity index is 473. The zero-order valence-corrected chi connectivity index (χ0v) is 14.0. The number of nitrogens with one attached hydrogen (secondary N) is 1. The molecule has 2 aliphatic rings. The molecule has 0 aromatic carbocycles. The maximum atomic E-state index is 12.0. The summed E-state index contributed by atoms with van der Waals surface area (Å²) in [5.41, 5.74) is 0.974. The number of fused-ring (bicyclic) bond motifs is 1. The largest absolute Gasteiger partial charge is 0.350 e. The quantitative estimate of drug-likeness (QED) is 0.903. The lowest BCUT2D eigenvalue weighted by atomic mass is 10.1. The topological polar surface area (TPSA) is 50.2 Å². The normalized spacial score (nSPS) is 19.5. The van der Waals surface area contributed by atoms with E-state index in [4.69, 9.17) is 0 Å². The van der Waals surface area contributed by atoms with E-state index in [-0.39, 0.29) is 5.91 Å². The summed E-state index contributed by atoms with van der Waals surface area (Å²) in [6.45, 7) is 4.78. The molecule has 0 unspecified atom stereocenters. The zero-order chi connectivity index (χ0) is 15.2. The Kier molecular flexibility index (Phi) is 5.78. The second-order valence-electron chi connectivity index (χ2n) is 6.19. The summed E-state index contributed by atoms with van der Waals surface area (Å²) in [5, 5.41) is 4.09. The van der Waals surface area contributed by atoms with Crippen molar-refractivity contribution >= 4 is 17.7 Å². The number of carbonyl (C=O) groups excluding carboxylic acids is 1. The fourth-order valence-electron chi connectivity index (χ4n) is 3.12. The van der Waals surface area contributed by atoms with E-state index in [1.54, 1.807) is 11.8 Å². The lowest BCUT2D eigenvalue weighted by Gasteiger charge is -2.24. The third-order valence-electron chi connectivity index (χ3n) is 4.42. The van der Waals surface area contributed by atoms with Gasteiger partial charge in [0.05, 0.1) is 12.2 Å². The number of nitrogens with zero attached hydrogens (tertiary/aromatic N) is 3. The van der Waals surface area contributed by atoms with Gasteiger partial charge < -0.3 is 14.8 Å². The van der Waals surface area contributed by atoms with Crippen molar-refractivity contribution in [2.75, 3.05) is 25.4 Å². The van der Waals surface area contributed by atoms with Crippen LogP contribution in [0.2, 0.25) is 0 Å². The average molecular weight is 322 g/mol. The Balaban J connectivity index is 1.36. The molecule has 1 N–H and O–H groups in total. The Morgan fingerprint density at radius 1 is 1.18 bits per heavy atom. The van der Waals surface area contributed by atoms with Crippen LogP contribution in [0.5, 0.6) is 0 Å². The number of imidazole rings is 1. The summed E-state index contributed by atoms with van der Waals surface area (Å²) in [6.07, 6.45) is 9.27. The van der Waals surface area contributed by atoms with Crippen LogP contribution in [-0.2, 0) is 17.9 Å². The molecule has 3 heterocycles. The first-order chi connectivity index (χ1) is 10.8. The van der Waals surface area contributed by atoms with E-state index in [2.05, 4.69) is 26.0 Å². The van der Waals surface area contributed by atoms with E-state index in [1.807, 2.05) is 0 Å². The van der Waals surface area contributed by atoms with Gasteiger partial charge in [0.25, 0.3) is 0 Å². The van der Waals surface area contributed by atoms with Crippen LogP contribution in [0.4, 0.5) is 0 Å². The zero-order valence-electron chi connectivity index (χ0n) is 13.2. The molecule has 0 bridgehead atoms. The minimum absolute atomic E-state index is 0.142. The second kappa shape index (κ2) is 8.02. The molecule has 6 heteroatoms. The average Bonchev–Trinajstić information content (AvgIpc) is 3.05. The molecule has 1 saturated heterocycles. The maximum absolute atomic E-state index is 12.0. The molecule has 0 atom stereocenters. The Hall–Kier alpha value is -1.01. The first-order valence-corrected chi connectivity index (χ1v) is 9.48. The number of aryl methyl sites for hydroxylation is 1. The molecule has 22 heavy (non-hydrogen) atoms. The van der Waals surface area contributed by atoms with Crippen molar-refractivity contribution in [1.82, 2.24) is 19.8 Å². The van der Waals surface area contributed by atoms with Crippen LogP contribution in [0.3, 0.4) is 0 Å². The molecule has 1 aromatic rings. The molecule has 0 saturated carbocycles. The lowest BCUT2D eigenvalue weighted by molar-refractivity contribution is -0.121. The van der Waals surface area contributed by atoms with Gasteiger partial charge in [-0.05, 0) is 25.9 Å². The molecule has 2 aliphatic heterocycles. The van der Waals surface area contributed by atoms with Crippen molar-refractivity contribution in [2.24, 2.45) is 0 Å². The van der Waals surface area contributed by atoms with E-state index in [1.165, 1.54) is 32.1 Å². The van der Waals surface area contributed by atoms with Crippen LogP contribution < -0.4 is 5.32 Å². The van der Waals surface area contributed by atoms with Gasteiger partial charge in [0.15, 0.2) is 5.16 Å². The highest BCUT2D eigenvalue weighted by Gasteiger charge is 2.15. The van der Waals surface area contributed by atoms with E-state index in [9.17, 15) is 4.79 Å². The highest BCUT2D eigenvalue weighted by molar-refractivity contribution is 7.99. The molecule has 5 nitrogen and oxygen atoms in total. The summed E-state index contributed by atoms with van der Waals surface area (Å²) in [4.78, 5) is 19.0. The number of rotatable bonds is 5. The number of carbonyl (C=O) groups is 1. The Labute approximate surface area is 136 Å². The number of aromatic nitrogens is 2. The van der Waals surface area contributed by atoms with E-state index in [0.29, 0.717) is 13.0 Å². The first-order valence-electron chi connectivity index (χ1n) is 8.49. The highest BCUT2D eigenvalue weighted by atomic mass is 32.2. The third kappa shape index (κ3) is 4.49. The SMILES string of the molecule is O=C(CCN1CCCCCCC1)NCc1cn2c(n1)SCC2. The number of likely N-dealkylation sites (tertiary alicyclic amines) is 1. The van der Waals surface area contributed by atoms with Crippen LogP contribution in [0.15, 0.2) is 11.4 Å². The van der Waals surface area contributed by atoms with E-state index in [0.717, 1.165) is 42.8 Å². The molecule has 1 aromatic heterocycles. The van der Waals surface area contributed by atoms with E-state index >= 15 is 0 Å². The molecular weight excluding hydrogens is 296 g/mol. The lowest BCUT2D eigenvalue weighted by Crippen LogP contribution is -2.32. The van der Waals surface area contributed by atoms with Crippen molar-refractivity contribution in [1.29, 1.82) is 0 Å². The maximum Gasteiger partial charge on any atom is 0.221 e. The van der Waals surface area contributed by atoms with Gasteiger partial charge in [0.2, 0.25) is 5.91 Å². The fourth-order valence-corrected chi connectivity index (χ4v) is 4.08. The van der Waals surface area contributed by atoms with Crippen LogP contribution >= 0.6 is 11.8 Å². The van der Waals surface area contributed by atoms with Crippen molar-refractivity contribution in [3.8, 4) is 0 Å². The second-order valence-corrected chi connectivity index (χ2v) is 7.25. The van der Waals surface area contributed by atoms with Gasteiger partial charge in [0.1, 0.15) is 0 Å².